The summed E-state index contributed by atoms with van der Waals surface area (Å²) in [5.41, 5.74) is 2.76. The van der Waals surface area contributed by atoms with E-state index in [1.165, 1.54) is 17.4 Å². The van der Waals surface area contributed by atoms with Crippen molar-refractivity contribution in [3.63, 3.8) is 0 Å². The lowest BCUT2D eigenvalue weighted by atomic mass is 9.89. The summed E-state index contributed by atoms with van der Waals surface area (Å²) in [7, 11) is 0. The topological polar surface area (TPSA) is 87.8 Å². The summed E-state index contributed by atoms with van der Waals surface area (Å²) in [6.45, 7) is 15.9. The van der Waals surface area contributed by atoms with E-state index in [4.69, 9.17) is 14.6 Å². The van der Waals surface area contributed by atoms with Crippen LogP contribution in [-0.4, -0.2) is 82.4 Å². The molecule has 0 atom stereocenters. The molecular formula is C31H48N4O4. The van der Waals surface area contributed by atoms with Gasteiger partial charge in [-0.2, -0.15) is 5.10 Å². The number of rotatable bonds is 8. The third-order valence-electron chi connectivity index (χ3n) is 7.72. The maximum absolute atomic E-state index is 12.2. The fourth-order valence-electron chi connectivity index (χ4n) is 5.84. The highest BCUT2D eigenvalue weighted by molar-refractivity contribution is 5.82. The maximum atomic E-state index is 12.2. The summed E-state index contributed by atoms with van der Waals surface area (Å²) in [6, 6.07) is 6.76. The second-order valence-corrected chi connectivity index (χ2v) is 13.5. The molecule has 0 radical (unpaired) electrons. The molecule has 1 aromatic carbocycles. The minimum atomic E-state index is -0.441. The zero-order valence-corrected chi connectivity index (χ0v) is 24.8. The second kappa shape index (κ2) is 12.4. The largest absolute Gasteiger partial charge is 0.459 e. The van der Waals surface area contributed by atoms with Gasteiger partial charge in [-0.25, -0.2) is 0 Å². The molecule has 0 bridgehead atoms. The molecule has 0 unspecified atom stereocenters. The molecule has 2 fully saturated rings. The van der Waals surface area contributed by atoms with Gasteiger partial charge in [0.05, 0.1) is 24.3 Å². The number of fused-ring (bicyclic) bond motifs is 1. The van der Waals surface area contributed by atoms with E-state index in [1.807, 2.05) is 41.5 Å². The first kappa shape index (κ1) is 29.5. The SMILES string of the molecule is CC(C)(C)OC(=O)CN1CCC(CCc2ccc3c(C4CCN(CC(=O)OC(C)(C)C)CC4)n[nH]c3c2)CC1. The van der Waals surface area contributed by atoms with Crippen molar-refractivity contribution in [2.75, 3.05) is 39.3 Å². The van der Waals surface area contributed by atoms with E-state index in [9.17, 15) is 9.59 Å². The number of likely N-dealkylation sites (tertiary alicyclic amines) is 2. The van der Waals surface area contributed by atoms with Gasteiger partial charge in [-0.05, 0) is 124 Å². The number of hydrogen-bond donors (Lipinski definition) is 1. The lowest BCUT2D eigenvalue weighted by Gasteiger charge is -2.32. The number of aromatic nitrogens is 2. The predicted octanol–water partition coefficient (Wildman–Crippen LogP) is 5.07. The summed E-state index contributed by atoms with van der Waals surface area (Å²) in [4.78, 5) is 28.7. The zero-order chi connectivity index (χ0) is 28.2. The zero-order valence-electron chi connectivity index (χ0n) is 24.8. The summed E-state index contributed by atoms with van der Waals surface area (Å²) in [5, 5.41) is 9.23. The third-order valence-corrected chi connectivity index (χ3v) is 7.72. The monoisotopic (exact) mass is 540 g/mol. The lowest BCUT2D eigenvalue weighted by molar-refractivity contribution is -0.157. The van der Waals surface area contributed by atoms with Gasteiger partial charge in [0.2, 0.25) is 0 Å². The minimum absolute atomic E-state index is 0.125. The van der Waals surface area contributed by atoms with Crippen molar-refractivity contribution in [1.29, 1.82) is 0 Å². The van der Waals surface area contributed by atoms with Crippen LogP contribution in [0.1, 0.15) is 90.8 Å². The minimum Gasteiger partial charge on any atom is -0.459 e. The number of esters is 2. The summed E-state index contributed by atoms with van der Waals surface area (Å²) >= 11 is 0. The molecule has 39 heavy (non-hydrogen) atoms. The lowest BCUT2D eigenvalue weighted by Crippen LogP contribution is -2.39. The fourth-order valence-corrected chi connectivity index (χ4v) is 5.84. The number of ether oxygens (including phenoxy) is 2. The van der Waals surface area contributed by atoms with Crippen LogP contribution in [0.2, 0.25) is 0 Å². The Hall–Kier alpha value is -2.45. The molecule has 8 nitrogen and oxygen atoms in total. The molecule has 2 aliphatic heterocycles. The van der Waals surface area contributed by atoms with Crippen LogP contribution < -0.4 is 0 Å². The standard InChI is InChI=1S/C31H48N4O4/c1-30(2,3)38-27(36)20-34-15-11-22(12-16-34)7-8-23-9-10-25-26(19-23)32-33-29(25)24-13-17-35(18-14-24)21-28(37)39-31(4,5)6/h9-10,19,22,24H,7-8,11-18,20-21H2,1-6H3,(H,32,33). The molecule has 3 heterocycles. The van der Waals surface area contributed by atoms with E-state index in [2.05, 4.69) is 33.1 Å². The number of aryl methyl sites for hydroxylation is 1. The number of aromatic amines is 1. The highest BCUT2D eigenvalue weighted by Crippen LogP contribution is 2.32. The van der Waals surface area contributed by atoms with Crippen molar-refractivity contribution in [3.8, 4) is 0 Å². The first-order chi connectivity index (χ1) is 18.3. The van der Waals surface area contributed by atoms with Crippen molar-refractivity contribution >= 4 is 22.8 Å². The quantitative estimate of drug-likeness (QED) is 0.468. The van der Waals surface area contributed by atoms with Crippen molar-refractivity contribution in [3.05, 3.63) is 29.5 Å². The average Bonchev–Trinajstić information content (AvgIpc) is 3.25. The van der Waals surface area contributed by atoms with E-state index < -0.39 is 11.2 Å². The molecule has 2 saturated heterocycles. The van der Waals surface area contributed by atoms with Crippen LogP contribution in [0.4, 0.5) is 0 Å². The van der Waals surface area contributed by atoms with E-state index in [0.717, 1.165) is 69.5 Å². The van der Waals surface area contributed by atoms with Crippen LogP contribution in [0.15, 0.2) is 18.2 Å². The van der Waals surface area contributed by atoms with Crippen LogP contribution in [-0.2, 0) is 25.5 Å². The molecule has 4 rings (SSSR count). The average molecular weight is 541 g/mol. The van der Waals surface area contributed by atoms with Crippen molar-refractivity contribution < 1.29 is 19.1 Å². The van der Waals surface area contributed by atoms with Gasteiger partial charge in [0, 0.05) is 11.3 Å². The number of benzene rings is 1. The Labute approximate surface area is 233 Å². The number of carbonyl (C=O) groups is 2. The van der Waals surface area contributed by atoms with Crippen molar-refractivity contribution in [2.45, 2.75) is 97.2 Å². The Morgan fingerprint density at radius 3 is 1.95 bits per heavy atom. The Morgan fingerprint density at radius 2 is 1.41 bits per heavy atom. The molecule has 0 saturated carbocycles. The molecule has 8 heteroatoms. The van der Waals surface area contributed by atoms with Crippen LogP contribution in [0.3, 0.4) is 0 Å². The highest BCUT2D eigenvalue weighted by atomic mass is 16.6. The Bertz CT molecular complexity index is 1110. The predicted molar refractivity (Wildman–Crippen MR) is 154 cm³/mol. The number of nitrogens with one attached hydrogen (secondary N) is 1. The van der Waals surface area contributed by atoms with Gasteiger partial charge in [-0.15, -0.1) is 0 Å². The fraction of sp³-hybridized carbons (Fsp3) is 0.710. The molecule has 2 aliphatic rings. The molecule has 216 valence electrons. The molecule has 1 N–H and O–H groups in total. The summed E-state index contributed by atoms with van der Waals surface area (Å²) in [6.07, 6.45) is 6.49. The smallest absolute Gasteiger partial charge is 0.320 e. The highest BCUT2D eigenvalue weighted by Gasteiger charge is 2.27. The van der Waals surface area contributed by atoms with Gasteiger partial charge >= 0.3 is 11.9 Å². The number of nitrogens with zero attached hydrogens (tertiary/aromatic N) is 3. The normalized spacial score (nSPS) is 18.9. The molecule has 0 amide bonds. The Balaban J connectivity index is 1.22. The maximum Gasteiger partial charge on any atom is 0.320 e. The molecule has 1 aromatic heterocycles. The molecule has 0 aliphatic carbocycles. The Morgan fingerprint density at radius 1 is 0.872 bits per heavy atom. The summed E-state index contributed by atoms with van der Waals surface area (Å²) < 4.78 is 11.0. The first-order valence-electron chi connectivity index (χ1n) is 14.7. The number of piperidine rings is 2. The van der Waals surface area contributed by atoms with Gasteiger partial charge in [0.1, 0.15) is 11.2 Å². The summed E-state index contributed by atoms with van der Waals surface area (Å²) in [5.74, 6) is 0.828. The van der Waals surface area contributed by atoms with Gasteiger partial charge in [0.15, 0.2) is 0 Å². The van der Waals surface area contributed by atoms with Crippen LogP contribution >= 0.6 is 0 Å². The first-order valence-corrected chi connectivity index (χ1v) is 14.7. The van der Waals surface area contributed by atoms with E-state index in [1.54, 1.807) is 0 Å². The van der Waals surface area contributed by atoms with Crippen molar-refractivity contribution in [2.24, 2.45) is 5.92 Å². The van der Waals surface area contributed by atoms with E-state index >= 15 is 0 Å². The van der Waals surface area contributed by atoms with Gasteiger partial charge in [0.25, 0.3) is 0 Å². The molecule has 2 aromatic rings. The van der Waals surface area contributed by atoms with Crippen LogP contribution in [0.25, 0.3) is 10.9 Å². The third kappa shape index (κ3) is 9.04. The molecular weight excluding hydrogens is 492 g/mol. The Kier molecular flexibility index (Phi) is 9.37. The van der Waals surface area contributed by atoms with E-state index in [0.29, 0.717) is 24.9 Å². The second-order valence-electron chi connectivity index (χ2n) is 13.5. The van der Waals surface area contributed by atoms with Gasteiger partial charge in [-0.3, -0.25) is 24.5 Å². The van der Waals surface area contributed by atoms with Crippen LogP contribution in [0.5, 0.6) is 0 Å². The van der Waals surface area contributed by atoms with Gasteiger partial charge in [-0.1, -0.05) is 12.1 Å². The van der Waals surface area contributed by atoms with E-state index in [-0.39, 0.29) is 11.9 Å². The number of carbonyl (C=O) groups excluding carboxylic acids is 2. The molecule has 0 spiro atoms. The number of H-pyrrole nitrogens is 1. The van der Waals surface area contributed by atoms with Crippen molar-refractivity contribution in [1.82, 2.24) is 20.0 Å². The van der Waals surface area contributed by atoms with Crippen LogP contribution in [0, 0.1) is 5.92 Å². The van der Waals surface area contributed by atoms with Gasteiger partial charge < -0.3 is 9.47 Å². The number of hydrogen-bond acceptors (Lipinski definition) is 7.